The van der Waals surface area contributed by atoms with Gasteiger partial charge in [0, 0.05) is 20.6 Å². The molecule has 1 aliphatic heterocycles. The summed E-state index contributed by atoms with van der Waals surface area (Å²) in [5.41, 5.74) is -1.14. The van der Waals surface area contributed by atoms with Crippen LogP contribution in [0.4, 0.5) is 5.95 Å². The minimum Gasteiger partial charge on any atom is -0.279 e. The molecule has 0 saturated carbocycles. The monoisotopic (exact) mass is 291 g/mol. The van der Waals surface area contributed by atoms with Gasteiger partial charge in [0.1, 0.15) is 0 Å². The van der Waals surface area contributed by atoms with Crippen molar-refractivity contribution in [1.29, 1.82) is 0 Å². The van der Waals surface area contributed by atoms with Crippen molar-refractivity contribution in [2.24, 2.45) is 14.1 Å². The first-order chi connectivity index (χ1) is 9.90. The standard InChI is InChI=1S/C12H13N5O4/c1-4-5-16-9(19)10(20)17-6-7(13-11(16)17)14(2)12(21)15(3)8(6)18/h4-5H2,1-3H3. The maximum Gasteiger partial charge on any atom is 0.332 e. The first-order valence-electron chi connectivity index (χ1n) is 6.44. The molecule has 0 N–H and O–H groups in total. The van der Waals surface area contributed by atoms with Crippen molar-refractivity contribution in [3.05, 3.63) is 20.8 Å². The van der Waals surface area contributed by atoms with E-state index < -0.39 is 23.1 Å². The molecule has 110 valence electrons. The average Bonchev–Trinajstić information content (AvgIpc) is 2.95. The highest BCUT2D eigenvalue weighted by molar-refractivity contribution is 6.45. The van der Waals surface area contributed by atoms with Gasteiger partial charge in [0.25, 0.3) is 5.56 Å². The number of aryl methyl sites for hydroxylation is 1. The molecule has 2 aromatic rings. The average molecular weight is 291 g/mol. The molecule has 1 aliphatic rings. The van der Waals surface area contributed by atoms with Crippen LogP contribution in [0.25, 0.3) is 11.2 Å². The number of aromatic nitrogens is 4. The van der Waals surface area contributed by atoms with Gasteiger partial charge in [-0.15, -0.1) is 0 Å². The molecule has 3 heterocycles. The highest BCUT2D eigenvalue weighted by Gasteiger charge is 2.40. The van der Waals surface area contributed by atoms with Crippen LogP contribution >= 0.6 is 0 Å². The molecule has 0 radical (unpaired) electrons. The van der Waals surface area contributed by atoms with E-state index in [-0.39, 0.29) is 17.1 Å². The van der Waals surface area contributed by atoms with Gasteiger partial charge in [0.2, 0.25) is 5.95 Å². The molecule has 21 heavy (non-hydrogen) atoms. The van der Waals surface area contributed by atoms with Crippen LogP contribution in [0.3, 0.4) is 0 Å². The van der Waals surface area contributed by atoms with E-state index >= 15 is 0 Å². The third kappa shape index (κ3) is 1.48. The van der Waals surface area contributed by atoms with Gasteiger partial charge in [-0.25, -0.2) is 9.36 Å². The third-order valence-electron chi connectivity index (χ3n) is 3.56. The maximum atomic E-state index is 12.2. The molecule has 0 aromatic carbocycles. The number of nitrogens with zero attached hydrogens (tertiary/aromatic N) is 5. The summed E-state index contributed by atoms with van der Waals surface area (Å²) >= 11 is 0. The fourth-order valence-corrected chi connectivity index (χ4v) is 2.48. The zero-order chi connectivity index (χ0) is 15.5. The van der Waals surface area contributed by atoms with E-state index in [2.05, 4.69) is 4.98 Å². The van der Waals surface area contributed by atoms with Crippen LogP contribution in [0.2, 0.25) is 0 Å². The first-order valence-corrected chi connectivity index (χ1v) is 6.44. The Morgan fingerprint density at radius 1 is 1.00 bits per heavy atom. The van der Waals surface area contributed by atoms with Gasteiger partial charge >= 0.3 is 17.5 Å². The normalized spacial score (nSPS) is 14.3. The lowest BCUT2D eigenvalue weighted by molar-refractivity contribution is -0.114. The van der Waals surface area contributed by atoms with Gasteiger partial charge in [-0.1, -0.05) is 6.92 Å². The Bertz CT molecular complexity index is 916. The van der Waals surface area contributed by atoms with Gasteiger partial charge < -0.3 is 0 Å². The van der Waals surface area contributed by atoms with Crippen molar-refractivity contribution in [3.63, 3.8) is 0 Å². The van der Waals surface area contributed by atoms with Crippen LogP contribution < -0.4 is 16.1 Å². The summed E-state index contributed by atoms with van der Waals surface area (Å²) in [6.45, 7) is 2.18. The van der Waals surface area contributed by atoms with Gasteiger partial charge in [0.15, 0.2) is 11.2 Å². The highest BCUT2D eigenvalue weighted by atomic mass is 16.2. The third-order valence-corrected chi connectivity index (χ3v) is 3.56. The van der Waals surface area contributed by atoms with E-state index in [1.165, 1.54) is 23.6 Å². The Hall–Kier alpha value is -2.71. The molecule has 2 aromatic heterocycles. The molecule has 9 nitrogen and oxygen atoms in total. The second-order valence-corrected chi connectivity index (χ2v) is 4.89. The second kappa shape index (κ2) is 4.14. The molecule has 0 saturated heterocycles. The lowest BCUT2D eigenvalue weighted by Crippen LogP contribution is -2.38. The molecular formula is C12H13N5O4. The van der Waals surface area contributed by atoms with Crippen molar-refractivity contribution in [3.8, 4) is 0 Å². The molecule has 9 heteroatoms. The summed E-state index contributed by atoms with van der Waals surface area (Å²) in [5.74, 6) is -1.44. The molecule has 0 fully saturated rings. The fourth-order valence-electron chi connectivity index (χ4n) is 2.48. The number of amides is 1. The predicted molar refractivity (Wildman–Crippen MR) is 73.5 cm³/mol. The summed E-state index contributed by atoms with van der Waals surface area (Å²) in [7, 11) is 2.78. The molecule has 3 rings (SSSR count). The van der Waals surface area contributed by atoms with Gasteiger partial charge in [-0.3, -0.25) is 28.4 Å². The lowest BCUT2D eigenvalue weighted by Gasteiger charge is -2.10. The number of rotatable bonds is 2. The van der Waals surface area contributed by atoms with Crippen LogP contribution in [-0.2, 0) is 18.9 Å². The van der Waals surface area contributed by atoms with Crippen molar-refractivity contribution < 1.29 is 9.59 Å². The Morgan fingerprint density at radius 2 is 1.67 bits per heavy atom. The largest absolute Gasteiger partial charge is 0.332 e. The molecule has 0 unspecified atom stereocenters. The maximum absolute atomic E-state index is 12.2. The Morgan fingerprint density at radius 3 is 2.29 bits per heavy atom. The zero-order valence-electron chi connectivity index (χ0n) is 11.8. The summed E-state index contributed by atoms with van der Waals surface area (Å²) in [6.07, 6.45) is 0.638. The van der Waals surface area contributed by atoms with Crippen LogP contribution in [0.15, 0.2) is 9.59 Å². The Balaban J connectivity index is 2.47. The number of hydrogen-bond donors (Lipinski definition) is 0. The molecular weight excluding hydrogens is 278 g/mol. The minimum absolute atomic E-state index is 0.0495. The van der Waals surface area contributed by atoms with Crippen LogP contribution in [0.1, 0.15) is 18.1 Å². The van der Waals surface area contributed by atoms with E-state index in [1.54, 1.807) is 0 Å². The van der Waals surface area contributed by atoms with Crippen molar-refractivity contribution in [2.75, 3.05) is 11.4 Å². The van der Waals surface area contributed by atoms with Gasteiger partial charge in [0.05, 0.1) is 0 Å². The predicted octanol–water partition coefficient (Wildman–Crippen LogP) is -1.17. The molecule has 0 bridgehead atoms. The van der Waals surface area contributed by atoms with Crippen molar-refractivity contribution in [1.82, 2.24) is 18.7 Å². The number of carbonyl (C=O) groups is 2. The van der Waals surface area contributed by atoms with Crippen LogP contribution in [-0.4, -0.2) is 37.0 Å². The Labute approximate surface area is 118 Å². The van der Waals surface area contributed by atoms with E-state index in [0.29, 0.717) is 13.0 Å². The SMILES string of the molecule is CCCN1C(=O)C(=O)n2c1nc1c2c(=O)n(C)c(=O)n1C. The molecule has 0 spiro atoms. The molecule has 0 aliphatic carbocycles. The topological polar surface area (TPSA) is 99.2 Å². The molecule has 1 amide bonds. The Kier molecular flexibility index (Phi) is 2.62. The number of imidazole rings is 1. The lowest BCUT2D eigenvalue weighted by atomic mass is 10.4. The van der Waals surface area contributed by atoms with Crippen LogP contribution in [0, 0.1) is 0 Å². The van der Waals surface area contributed by atoms with E-state index in [1.807, 2.05) is 6.92 Å². The quantitative estimate of drug-likeness (QED) is 0.649. The van der Waals surface area contributed by atoms with Crippen molar-refractivity contribution in [2.45, 2.75) is 13.3 Å². The second-order valence-electron chi connectivity index (χ2n) is 4.89. The van der Waals surface area contributed by atoms with Gasteiger partial charge in [-0.2, -0.15) is 4.98 Å². The number of fused-ring (bicyclic) bond motifs is 3. The summed E-state index contributed by atoms with van der Waals surface area (Å²) in [4.78, 5) is 53.6. The zero-order valence-corrected chi connectivity index (χ0v) is 11.8. The van der Waals surface area contributed by atoms with E-state index in [0.717, 1.165) is 9.13 Å². The summed E-state index contributed by atoms with van der Waals surface area (Å²) in [5, 5.41) is 0. The first kappa shape index (κ1) is 13.3. The number of carbonyl (C=O) groups excluding carboxylic acids is 2. The van der Waals surface area contributed by atoms with E-state index in [4.69, 9.17) is 0 Å². The number of hydrogen-bond acceptors (Lipinski definition) is 5. The number of anilines is 1. The summed E-state index contributed by atoms with van der Waals surface area (Å²) in [6, 6.07) is 0. The minimum atomic E-state index is -0.823. The van der Waals surface area contributed by atoms with Crippen LogP contribution in [0.5, 0.6) is 0 Å². The summed E-state index contributed by atoms with van der Waals surface area (Å²) < 4.78 is 3.07. The van der Waals surface area contributed by atoms with E-state index in [9.17, 15) is 19.2 Å². The highest BCUT2D eigenvalue weighted by Crippen LogP contribution is 2.25. The molecule has 0 atom stereocenters. The fraction of sp³-hybridized carbons (Fsp3) is 0.417. The van der Waals surface area contributed by atoms with Gasteiger partial charge in [-0.05, 0) is 6.42 Å². The smallest absolute Gasteiger partial charge is 0.279 e. The van der Waals surface area contributed by atoms with Crippen molar-refractivity contribution >= 4 is 28.9 Å².